The molecule has 0 rings (SSSR count). The molecule has 0 bridgehead atoms. The molecule has 0 spiro atoms. The average Bonchev–Trinajstić information content (AvgIpc) is 2.51. The summed E-state index contributed by atoms with van der Waals surface area (Å²) in [5.41, 5.74) is 0. The molecule has 0 fully saturated rings. The fourth-order valence-corrected chi connectivity index (χ4v) is 6.26. The lowest BCUT2D eigenvalue weighted by Crippen LogP contribution is -2.48. The topological polar surface area (TPSA) is 73.9 Å². The standard InChI is InChI=1S/C16H37NO5SSi/c1-5-9-10-11-12-13-15-23(18,19)17-14-16-24(20-6-2,21-7-3)22-8-4/h17H,5-16H2,1-4H3. The summed E-state index contributed by atoms with van der Waals surface area (Å²) < 4.78 is 43.9. The summed E-state index contributed by atoms with van der Waals surface area (Å²) in [5, 5.41) is 0. The molecule has 0 atom stereocenters. The van der Waals surface area contributed by atoms with Crippen LogP contribution < -0.4 is 4.72 Å². The highest BCUT2D eigenvalue weighted by Crippen LogP contribution is 2.15. The van der Waals surface area contributed by atoms with Gasteiger partial charge >= 0.3 is 8.80 Å². The second-order valence-corrected chi connectivity index (χ2v) is 10.4. The molecule has 6 nitrogen and oxygen atoms in total. The number of sulfonamides is 1. The molecule has 8 heteroatoms. The maximum Gasteiger partial charge on any atom is 0.502 e. The van der Waals surface area contributed by atoms with Crippen LogP contribution in [0.3, 0.4) is 0 Å². The van der Waals surface area contributed by atoms with Crippen LogP contribution >= 0.6 is 0 Å². The maximum atomic E-state index is 12.1. The SMILES string of the molecule is CCCCCCCCS(=O)(=O)NCC[Si](OCC)(OCC)OCC. The fraction of sp³-hybridized carbons (Fsp3) is 1.00. The van der Waals surface area contributed by atoms with Gasteiger partial charge in [-0.05, 0) is 27.2 Å². The molecule has 0 saturated heterocycles. The van der Waals surface area contributed by atoms with Crippen LogP contribution in [0.15, 0.2) is 0 Å². The van der Waals surface area contributed by atoms with Gasteiger partial charge < -0.3 is 13.3 Å². The van der Waals surface area contributed by atoms with Crippen LogP contribution in [0.1, 0.15) is 66.2 Å². The van der Waals surface area contributed by atoms with Gasteiger partial charge in [0.2, 0.25) is 10.0 Å². The van der Waals surface area contributed by atoms with Gasteiger partial charge in [0, 0.05) is 32.4 Å². The van der Waals surface area contributed by atoms with Crippen molar-refractivity contribution >= 4 is 18.8 Å². The van der Waals surface area contributed by atoms with Gasteiger partial charge in [-0.2, -0.15) is 0 Å². The molecule has 0 saturated carbocycles. The van der Waals surface area contributed by atoms with Crippen molar-refractivity contribution < 1.29 is 21.7 Å². The Morgan fingerprint density at radius 2 is 1.29 bits per heavy atom. The number of nitrogens with one attached hydrogen (secondary N) is 1. The molecule has 0 heterocycles. The van der Waals surface area contributed by atoms with E-state index in [9.17, 15) is 8.42 Å². The van der Waals surface area contributed by atoms with Crippen LogP contribution in [0.25, 0.3) is 0 Å². The minimum atomic E-state index is -3.24. The monoisotopic (exact) mass is 383 g/mol. The van der Waals surface area contributed by atoms with Crippen molar-refractivity contribution in [1.29, 1.82) is 0 Å². The molecular weight excluding hydrogens is 346 g/mol. The summed E-state index contributed by atoms with van der Waals surface area (Å²) in [4.78, 5) is 0. The van der Waals surface area contributed by atoms with Crippen molar-refractivity contribution in [3.8, 4) is 0 Å². The van der Waals surface area contributed by atoms with E-state index < -0.39 is 18.8 Å². The minimum Gasteiger partial charge on any atom is -0.374 e. The summed E-state index contributed by atoms with van der Waals surface area (Å²) >= 11 is 0. The lowest BCUT2D eigenvalue weighted by atomic mass is 10.1. The Hall–Kier alpha value is 0.00688. The van der Waals surface area contributed by atoms with Crippen molar-refractivity contribution in [2.45, 2.75) is 72.3 Å². The molecule has 0 aliphatic heterocycles. The van der Waals surface area contributed by atoms with Gasteiger partial charge in [-0.15, -0.1) is 0 Å². The van der Waals surface area contributed by atoms with E-state index in [2.05, 4.69) is 11.6 Å². The molecule has 0 aromatic heterocycles. The first-order valence-corrected chi connectivity index (χ1v) is 12.9. The van der Waals surface area contributed by atoms with Crippen LogP contribution in [-0.2, 0) is 23.3 Å². The number of unbranched alkanes of at least 4 members (excludes halogenated alkanes) is 5. The Bertz CT molecular complexity index is 375. The van der Waals surface area contributed by atoms with Gasteiger partial charge in [0.05, 0.1) is 5.75 Å². The van der Waals surface area contributed by atoms with Crippen molar-refractivity contribution in [2.24, 2.45) is 0 Å². The summed E-state index contributed by atoms with van der Waals surface area (Å²) in [6.45, 7) is 9.63. The molecule has 1 N–H and O–H groups in total. The van der Waals surface area contributed by atoms with Gasteiger partial charge in [0.1, 0.15) is 0 Å². The van der Waals surface area contributed by atoms with Gasteiger partial charge in [0.15, 0.2) is 0 Å². The van der Waals surface area contributed by atoms with Gasteiger partial charge in [-0.25, -0.2) is 13.1 Å². The Labute approximate surface area is 150 Å². The van der Waals surface area contributed by atoms with Crippen LogP contribution in [0.2, 0.25) is 6.04 Å². The highest BCUT2D eigenvalue weighted by atomic mass is 32.2. The first-order valence-electron chi connectivity index (χ1n) is 9.34. The molecular formula is C16H37NO5SSi. The molecule has 24 heavy (non-hydrogen) atoms. The van der Waals surface area contributed by atoms with Crippen LogP contribution in [0.4, 0.5) is 0 Å². The van der Waals surface area contributed by atoms with Gasteiger partial charge in [-0.3, -0.25) is 0 Å². The zero-order valence-electron chi connectivity index (χ0n) is 15.9. The first kappa shape index (κ1) is 24.0. The van der Waals surface area contributed by atoms with E-state index in [1.807, 2.05) is 20.8 Å². The lowest BCUT2D eigenvalue weighted by molar-refractivity contribution is 0.0717. The van der Waals surface area contributed by atoms with Crippen molar-refractivity contribution in [2.75, 3.05) is 32.1 Å². The molecule has 0 aliphatic rings. The Morgan fingerprint density at radius 3 is 1.79 bits per heavy atom. The molecule has 0 aliphatic carbocycles. The van der Waals surface area contributed by atoms with E-state index in [-0.39, 0.29) is 5.75 Å². The highest BCUT2D eigenvalue weighted by Gasteiger charge is 2.40. The molecule has 0 radical (unpaired) electrons. The first-order chi connectivity index (χ1) is 11.4. The third-order valence-corrected chi connectivity index (χ3v) is 8.13. The summed E-state index contributed by atoms with van der Waals surface area (Å²) in [5.74, 6) is 0.186. The molecule has 0 amide bonds. The average molecular weight is 384 g/mol. The third kappa shape index (κ3) is 11.5. The zero-order chi connectivity index (χ0) is 18.3. The molecule has 0 aromatic carbocycles. The quantitative estimate of drug-likeness (QED) is 0.308. The van der Waals surface area contributed by atoms with Gasteiger partial charge in [0.25, 0.3) is 0 Å². The van der Waals surface area contributed by atoms with Crippen LogP contribution in [0.5, 0.6) is 0 Å². The summed E-state index contributed by atoms with van der Waals surface area (Å²) in [7, 11) is -6.01. The van der Waals surface area contributed by atoms with Gasteiger partial charge in [-0.1, -0.05) is 39.0 Å². The van der Waals surface area contributed by atoms with Crippen molar-refractivity contribution in [1.82, 2.24) is 4.72 Å². The second kappa shape index (κ2) is 14.2. The van der Waals surface area contributed by atoms with E-state index in [1.165, 1.54) is 19.3 Å². The Morgan fingerprint density at radius 1 is 0.792 bits per heavy atom. The maximum absolute atomic E-state index is 12.1. The molecule has 0 unspecified atom stereocenters. The lowest BCUT2D eigenvalue weighted by Gasteiger charge is -2.28. The fourth-order valence-electron chi connectivity index (χ4n) is 2.51. The van der Waals surface area contributed by atoms with E-state index >= 15 is 0 Å². The Balaban J connectivity index is 4.21. The number of rotatable bonds is 17. The normalized spacial score (nSPS) is 12.7. The predicted molar refractivity (Wildman–Crippen MR) is 101 cm³/mol. The van der Waals surface area contributed by atoms with E-state index in [4.69, 9.17) is 13.3 Å². The van der Waals surface area contributed by atoms with Crippen molar-refractivity contribution in [3.05, 3.63) is 0 Å². The van der Waals surface area contributed by atoms with Crippen molar-refractivity contribution in [3.63, 3.8) is 0 Å². The van der Waals surface area contributed by atoms with E-state index in [0.29, 0.717) is 38.8 Å². The Kier molecular flexibility index (Phi) is 14.2. The predicted octanol–water partition coefficient (Wildman–Crippen LogP) is 3.31. The smallest absolute Gasteiger partial charge is 0.374 e. The molecule has 146 valence electrons. The second-order valence-electron chi connectivity index (χ2n) is 5.71. The van der Waals surface area contributed by atoms with Crippen LogP contribution in [-0.4, -0.2) is 49.3 Å². The molecule has 0 aromatic rings. The van der Waals surface area contributed by atoms with E-state index in [1.54, 1.807) is 0 Å². The highest BCUT2D eigenvalue weighted by molar-refractivity contribution is 7.89. The number of hydrogen-bond acceptors (Lipinski definition) is 5. The van der Waals surface area contributed by atoms with Crippen LogP contribution in [0, 0.1) is 0 Å². The summed E-state index contributed by atoms with van der Waals surface area (Å²) in [6, 6.07) is 0.457. The van der Waals surface area contributed by atoms with E-state index in [0.717, 1.165) is 12.8 Å². The zero-order valence-corrected chi connectivity index (χ0v) is 17.8. The minimum absolute atomic E-state index is 0.186. The largest absolute Gasteiger partial charge is 0.502 e. The number of hydrogen-bond donors (Lipinski definition) is 1. The third-order valence-electron chi connectivity index (χ3n) is 3.61. The summed E-state index contributed by atoms with van der Waals surface area (Å²) in [6.07, 6.45) is 6.41.